The number of nitrogens with one attached hydrogen (secondary N) is 1. The minimum absolute atomic E-state index is 0. The van der Waals surface area contributed by atoms with E-state index >= 15 is 0 Å². The number of hydrogen-bond donors (Lipinski definition) is 1. The van der Waals surface area contributed by atoms with Gasteiger partial charge in [-0.15, -0.1) is 24.0 Å². The largest absolute Gasteiger partial charge is 0.364 e. The molecule has 0 fully saturated rings. The first-order valence-corrected chi connectivity index (χ1v) is 9.16. The maximum Gasteiger partial charge on any atom is 0.194 e. The fourth-order valence-corrected chi connectivity index (χ4v) is 3.39. The number of aryl methyl sites for hydroxylation is 1. The van der Waals surface area contributed by atoms with Crippen molar-refractivity contribution < 1.29 is 0 Å². The molecule has 0 saturated carbocycles. The van der Waals surface area contributed by atoms with Crippen LogP contribution in [0.4, 0.5) is 5.69 Å². The summed E-state index contributed by atoms with van der Waals surface area (Å²) in [6.45, 7) is 3.48. The molecule has 0 saturated heterocycles. The second kappa shape index (κ2) is 10.0. The molecule has 146 valence electrons. The van der Waals surface area contributed by atoms with Crippen molar-refractivity contribution in [3.05, 3.63) is 65.0 Å². The maximum atomic E-state index is 6.07. The summed E-state index contributed by atoms with van der Waals surface area (Å²) in [4.78, 5) is 8.82. The Morgan fingerprint density at radius 2 is 1.89 bits per heavy atom. The average molecular weight is 500 g/mol. The van der Waals surface area contributed by atoms with E-state index < -0.39 is 0 Å². The molecule has 0 spiro atoms. The molecule has 2 aromatic rings. The number of aliphatic imine (C=N–C) groups is 1. The molecule has 0 bridgehead atoms. The molecular formula is C20H27ClIN5. The number of aromatic nitrogens is 1. The van der Waals surface area contributed by atoms with Crippen molar-refractivity contribution in [2.75, 3.05) is 32.1 Å². The molecule has 2 heterocycles. The summed E-state index contributed by atoms with van der Waals surface area (Å²) in [5.41, 5.74) is 3.64. The van der Waals surface area contributed by atoms with Crippen LogP contribution in [0.1, 0.15) is 11.3 Å². The van der Waals surface area contributed by atoms with Crippen LogP contribution < -0.4 is 10.2 Å². The Bertz CT molecular complexity index is 789. The summed E-state index contributed by atoms with van der Waals surface area (Å²) in [5.74, 6) is 0.857. The summed E-state index contributed by atoms with van der Waals surface area (Å²) in [6, 6.07) is 10.7. The van der Waals surface area contributed by atoms with Crippen LogP contribution in [0.25, 0.3) is 0 Å². The Morgan fingerprint density at radius 3 is 2.44 bits per heavy atom. The highest BCUT2D eigenvalue weighted by Gasteiger charge is 2.10. The predicted octanol–water partition coefficient (Wildman–Crippen LogP) is 3.88. The molecule has 5 nitrogen and oxygen atoms in total. The average Bonchev–Trinajstić information content (AvgIpc) is 3.26. The Labute approximate surface area is 183 Å². The van der Waals surface area contributed by atoms with E-state index in [0.717, 1.165) is 42.9 Å². The molecule has 0 atom stereocenters. The van der Waals surface area contributed by atoms with Crippen molar-refractivity contribution in [1.29, 1.82) is 0 Å². The second-order valence-electron chi connectivity index (χ2n) is 6.56. The van der Waals surface area contributed by atoms with Crippen molar-refractivity contribution in [2.45, 2.75) is 13.1 Å². The lowest BCUT2D eigenvalue weighted by Gasteiger charge is -2.22. The number of rotatable bonds is 5. The number of hydrogen-bond acceptors (Lipinski definition) is 2. The molecular weight excluding hydrogens is 473 g/mol. The topological polar surface area (TPSA) is 35.8 Å². The second-order valence-corrected chi connectivity index (χ2v) is 7.00. The lowest BCUT2D eigenvalue weighted by molar-refractivity contribution is 0.461. The first-order valence-electron chi connectivity index (χ1n) is 8.78. The number of anilines is 1. The van der Waals surface area contributed by atoms with Crippen molar-refractivity contribution in [1.82, 2.24) is 14.8 Å². The molecule has 27 heavy (non-hydrogen) atoms. The zero-order chi connectivity index (χ0) is 18.5. The molecule has 1 aliphatic rings. The standard InChI is InChI=1S/C20H26ClN5.HI/c1-22-20(25(3)15-19-12-17(21)14-24(19)2)23-13-16-6-8-18(9-7-16)26-10-4-5-11-26;/h4-9,12,14H,10-11,13,15H2,1-3H3,(H,22,23);1H. The van der Waals surface area contributed by atoms with E-state index in [1.54, 1.807) is 7.05 Å². The number of halogens is 2. The predicted molar refractivity (Wildman–Crippen MR) is 125 cm³/mol. The van der Waals surface area contributed by atoms with E-state index in [1.165, 1.54) is 11.3 Å². The molecule has 0 aliphatic carbocycles. The quantitative estimate of drug-likeness (QED) is 0.294. The van der Waals surface area contributed by atoms with Gasteiger partial charge in [-0.05, 0) is 23.8 Å². The monoisotopic (exact) mass is 499 g/mol. The fraction of sp³-hybridized carbons (Fsp3) is 0.350. The van der Waals surface area contributed by atoms with E-state index in [0.29, 0.717) is 0 Å². The van der Waals surface area contributed by atoms with Gasteiger partial charge in [0.2, 0.25) is 0 Å². The summed E-state index contributed by atoms with van der Waals surface area (Å²) < 4.78 is 2.04. The highest BCUT2D eigenvalue weighted by molar-refractivity contribution is 14.0. The van der Waals surface area contributed by atoms with Crippen LogP contribution in [-0.4, -0.2) is 42.6 Å². The lowest BCUT2D eigenvalue weighted by atomic mass is 10.2. The maximum absolute atomic E-state index is 6.07. The van der Waals surface area contributed by atoms with E-state index in [9.17, 15) is 0 Å². The zero-order valence-corrected chi connectivity index (χ0v) is 19.1. The molecule has 1 aliphatic heterocycles. The minimum Gasteiger partial charge on any atom is -0.364 e. The summed E-state index contributed by atoms with van der Waals surface area (Å²) >= 11 is 6.07. The van der Waals surface area contributed by atoms with Crippen LogP contribution in [-0.2, 0) is 20.1 Å². The fourth-order valence-electron chi connectivity index (χ4n) is 3.12. The number of benzene rings is 1. The van der Waals surface area contributed by atoms with Crippen molar-refractivity contribution in [3.63, 3.8) is 0 Å². The third-order valence-electron chi connectivity index (χ3n) is 4.62. The smallest absolute Gasteiger partial charge is 0.194 e. The Kier molecular flexibility index (Phi) is 8.04. The van der Waals surface area contributed by atoms with E-state index in [-0.39, 0.29) is 24.0 Å². The summed E-state index contributed by atoms with van der Waals surface area (Å²) in [5, 5.41) is 4.19. The molecule has 3 rings (SSSR count). The highest BCUT2D eigenvalue weighted by Crippen LogP contribution is 2.18. The number of guanidine groups is 1. The van der Waals surface area contributed by atoms with Gasteiger partial charge in [0.05, 0.1) is 11.6 Å². The first kappa shape index (κ1) is 21.6. The molecule has 7 heteroatoms. The van der Waals surface area contributed by atoms with Crippen LogP contribution >= 0.6 is 35.6 Å². The van der Waals surface area contributed by atoms with Gasteiger partial charge in [0.1, 0.15) is 0 Å². The van der Waals surface area contributed by atoms with Crippen LogP contribution in [0, 0.1) is 0 Å². The highest BCUT2D eigenvalue weighted by atomic mass is 127. The van der Waals surface area contributed by atoms with Gasteiger partial charge in [0.25, 0.3) is 0 Å². The van der Waals surface area contributed by atoms with Gasteiger partial charge in [0, 0.05) is 58.4 Å². The van der Waals surface area contributed by atoms with E-state index in [4.69, 9.17) is 11.6 Å². The SMILES string of the molecule is CN=C(NCc1ccc(N2CC=CC2)cc1)N(C)Cc1cc(Cl)cn1C.I. The Hall–Kier alpha value is -1.67. The van der Waals surface area contributed by atoms with Crippen LogP contribution in [0.5, 0.6) is 0 Å². The third kappa shape index (κ3) is 5.65. The van der Waals surface area contributed by atoms with Crippen molar-refractivity contribution in [2.24, 2.45) is 12.0 Å². The summed E-state index contributed by atoms with van der Waals surface area (Å²) in [7, 11) is 5.84. The van der Waals surface area contributed by atoms with Gasteiger partial charge in [0.15, 0.2) is 5.96 Å². The van der Waals surface area contributed by atoms with Gasteiger partial charge in [-0.2, -0.15) is 0 Å². The normalized spacial score (nSPS) is 13.6. The lowest BCUT2D eigenvalue weighted by Crippen LogP contribution is -2.38. The molecule has 0 radical (unpaired) electrons. The zero-order valence-electron chi connectivity index (χ0n) is 16.0. The van der Waals surface area contributed by atoms with Gasteiger partial charge in [-0.1, -0.05) is 35.9 Å². The van der Waals surface area contributed by atoms with Gasteiger partial charge < -0.3 is 19.7 Å². The van der Waals surface area contributed by atoms with Crippen molar-refractivity contribution >= 4 is 47.2 Å². The van der Waals surface area contributed by atoms with Gasteiger partial charge in [-0.3, -0.25) is 4.99 Å². The Morgan fingerprint density at radius 1 is 1.22 bits per heavy atom. The van der Waals surface area contributed by atoms with Gasteiger partial charge in [-0.25, -0.2) is 0 Å². The summed E-state index contributed by atoms with van der Waals surface area (Å²) in [6.07, 6.45) is 6.32. The van der Waals surface area contributed by atoms with Crippen LogP contribution in [0.2, 0.25) is 5.02 Å². The van der Waals surface area contributed by atoms with Crippen molar-refractivity contribution in [3.8, 4) is 0 Å². The first-order chi connectivity index (χ1) is 12.6. The molecule has 0 unspecified atom stereocenters. The van der Waals surface area contributed by atoms with Crippen LogP contribution in [0.15, 0.2) is 53.7 Å². The van der Waals surface area contributed by atoms with E-state index in [1.807, 2.05) is 30.9 Å². The van der Waals surface area contributed by atoms with Crippen LogP contribution in [0.3, 0.4) is 0 Å². The molecule has 1 aromatic carbocycles. The minimum atomic E-state index is 0. The molecule has 1 aromatic heterocycles. The number of nitrogens with zero attached hydrogens (tertiary/aromatic N) is 4. The molecule has 0 amide bonds. The third-order valence-corrected chi connectivity index (χ3v) is 4.82. The van der Waals surface area contributed by atoms with E-state index in [2.05, 4.69) is 56.5 Å². The van der Waals surface area contributed by atoms with Gasteiger partial charge >= 0.3 is 0 Å². The molecule has 1 N–H and O–H groups in total. The Balaban J connectivity index is 0.00000261.